The Morgan fingerprint density at radius 1 is 1.18 bits per heavy atom. The largest absolute Gasteiger partial charge is 0.381 e. The van der Waals surface area contributed by atoms with Crippen molar-refractivity contribution in [3.8, 4) is 0 Å². The average molecular weight is 376 g/mol. The van der Waals surface area contributed by atoms with E-state index in [2.05, 4.69) is 47.8 Å². The van der Waals surface area contributed by atoms with Gasteiger partial charge in [-0.15, -0.1) is 0 Å². The van der Waals surface area contributed by atoms with E-state index >= 15 is 0 Å². The highest BCUT2D eigenvalue weighted by Gasteiger charge is 2.28. The fourth-order valence-electron chi connectivity index (χ4n) is 4.05. The maximum absolute atomic E-state index is 11.1. The Bertz CT molecular complexity index is 991. The van der Waals surface area contributed by atoms with Crippen molar-refractivity contribution in [2.45, 2.75) is 25.9 Å². The van der Waals surface area contributed by atoms with E-state index in [0.717, 1.165) is 30.8 Å². The summed E-state index contributed by atoms with van der Waals surface area (Å²) >= 11 is 0. The number of nitrogens with zero attached hydrogens (tertiary/aromatic N) is 1. The Morgan fingerprint density at radius 2 is 2.00 bits per heavy atom. The van der Waals surface area contributed by atoms with E-state index in [1.807, 2.05) is 13.0 Å². The molecule has 5 nitrogen and oxygen atoms in total. The van der Waals surface area contributed by atoms with Gasteiger partial charge in [0.05, 0.1) is 11.5 Å². The van der Waals surface area contributed by atoms with E-state index in [1.54, 1.807) is 12.1 Å². The monoisotopic (exact) mass is 376 g/mol. The van der Waals surface area contributed by atoms with Crippen molar-refractivity contribution in [1.82, 2.24) is 5.32 Å². The van der Waals surface area contributed by atoms with Crippen molar-refractivity contribution >= 4 is 16.5 Å². The molecule has 0 spiro atoms. The normalized spacial score (nSPS) is 17.7. The van der Waals surface area contributed by atoms with Crippen LogP contribution < -0.4 is 5.32 Å². The minimum Gasteiger partial charge on any atom is -0.381 e. The molecule has 3 aromatic rings. The maximum Gasteiger partial charge on any atom is 0.269 e. The summed E-state index contributed by atoms with van der Waals surface area (Å²) in [6, 6.07) is 20.0. The first-order valence-corrected chi connectivity index (χ1v) is 9.66. The number of fused-ring (bicyclic) bond motifs is 1. The predicted octanol–water partition coefficient (Wildman–Crippen LogP) is 4.92. The van der Waals surface area contributed by atoms with E-state index in [0.29, 0.717) is 12.5 Å². The topological polar surface area (TPSA) is 64.4 Å². The standard InChI is InChI=1S/C23H24N2O3/c1-16-9-10-20(25(26)27)13-19(16)14-24-23(18-11-12-28-15-18)22-8-4-6-17-5-2-3-7-21(17)22/h2-10,13,18,23-24H,11-12,14-15H2,1H3. The molecule has 2 unspecified atom stereocenters. The number of aryl methyl sites for hydroxylation is 1. The first kappa shape index (κ1) is 18.6. The number of hydrogen-bond acceptors (Lipinski definition) is 4. The lowest BCUT2D eigenvalue weighted by molar-refractivity contribution is -0.384. The van der Waals surface area contributed by atoms with Crippen molar-refractivity contribution in [2.75, 3.05) is 13.2 Å². The quantitative estimate of drug-likeness (QED) is 0.490. The van der Waals surface area contributed by atoms with Gasteiger partial charge in [0.25, 0.3) is 5.69 Å². The zero-order valence-corrected chi connectivity index (χ0v) is 15.9. The third-order valence-electron chi connectivity index (χ3n) is 5.65. The summed E-state index contributed by atoms with van der Waals surface area (Å²) in [7, 11) is 0. The van der Waals surface area contributed by atoms with Crippen LogP contribution in [0.3, 0.4) is 0 Å². The van der Waals surface area contributed by atoms with Crippen molar-refractivity contribution in [1.29, 1.82) is 0 Å². The van der Waals surface area contributed by atoms with Crippen LogP contribution in [-0.4, -0.2) is 18.1 Å². The molecule has 0 aliphatic carbocycles. The third kappa shape index (κ3) is 3.77. The predicted molar refractivity (Wildman–Crippen MR) is 110 cm³/mol. The smallest absolute Gasteiger partial charge is 0.269 e. The fraction of sp³-hybridized carbons (Fsp3) is 0.304. The molecule has 0 saturated carbocycles. The summed E-state index contributed by atoms with van der Waals surface area (Å²) in [4.78, 5) is 10.8. The molecule has 2 atom stereocenters. The minimum atomic E-state index is -0.337. The Kier molecular flexibility index (Phi) is 5.37. The Hall–Kier alpha value is -2.76. The molecule has 1 heterocycles. The summed E-state index contributed by atoms with van der Waals surface area (Å²) in [5.41, 5.74) is 3.40. The van der Waals surface area contributed by atoms with Gasteiger partial charge in [-0.3, -0.25) is 10.1 Å². The van der Waals surface area contributed by atoms with Crippen LogP contribution in [0.2, 0.25) is 0 Å². The fourth-order valence-corrected chi connectivity index (χ4v) is 4.05. The number of rotatable bonds is 6. The summed E-state index contributed by atoms with van der Waals surface area (Å²) in [6.45, 7) is 4.09. The van der Waals surface area contributed by atoms with Crippen LogP contribution >= 0.6 is 0 Å². The Balaban J connectivity index is 1.66. The number of nitro benzene ring substituents is 1. The molecule has 1 aliphatic rings. The molecule has 144 valence electrons. The lowest BCUT2D eigenvalue weighted by Gasteiger charge is -2.26. The first-order chi connectivity index (χ1) is 13.6. The van der Waals surface area contributed by atoms with Crippen molar-refractivity contribution < 1.29 is 9.66 Å². The molecule has 0 bridgehead atoms. The van der Waals surface area contributed by atoms with Crippen LogP contribution in [0.15, 0.2) is 60.7 Å². The molecule has 28 heavy (non-hydrogen) atoms. The van der Waals surface area contributed by atoms with Gasteiger partial charge >= 0.3 is 0 Å². The molecule has 0 radical (unpaired) electrons. The SMILES string of the molecule is Cc1ccc([N+](=O)[O-])cc1CNC(c1cccc2ccccc12)C1CCOC1. The zero-order chi connectivity index (χ0) is 19.5. The van der Waals surface area contributed by atoms with Crippen molar-refractivity contribution in [2.24, 2.45) is 5.92 Å². The van der Waals surface area contributed by atoms with Gasteiger partial charge in [-0.25, -0.2) is 0 Å². The van der Waals surface area contributed by atoms with Crippen LogP contribution in [-0.2, 0) is 11.3 Å². The number of benzene rings is 3. The molecule has 1 N–H and O–H groups in total. The van der Waals surface area contributed by atoms with Crippen molar-refractivity contribution in [3.05, 3.63) is 87.5 Å². The molecular weight excluding hydrogens is 352 g/mol. The van der Waals surface area contributed by atoms with Crippen LogP contribution in [0.4, 0.5) is 5.69 Å². The Labute approximate surface area is 164 Å². The van der Waals surface area contributed by atoms with E-state index in [9.17, 15) is 10.1 Å². The van der Waals surface area contributed by atoms with Gasteiger partial charge in [0.15, 0.2) is 0 Å². The second kappa shape index (κ2) is 8.09. The van der Waals surface area contributed by atoms with Gasteiger partial charge < -0.3 is 10.1 Å². The number of nitro groups is 1. The molecule has 0 aromatic heterocycles. The lowest BCUT2D eigenvalue weighted by atomic mass is 9.88. The number of nitrogens with one attached hydrogen (secondary N) is 1. The van der Waals surface area contributed by atoms with Crippen LogP contribution in [0.5, 0.6) is 0 Å². The lowest BCUT2D eigenvalue weighted by Crippen LogP contribution is -2.29. The minimum absolute atomic E-state index is 0.132. The third-order valence-corrected chi connectivity index (χ3v) is 5.65. The molecule has 4 rings (SSSR count). The van der Waals surface area contributed by atoms with Gasteiger partial charge in [0.1, 0.15) is 0 Å². The molecule has 1 fully saturated rings. The van der Waals surface area contributed by atoms with Gasteiger partial charge in [-0.05, 0) is 40.8 Å². The van der Waals surface area contributed by atoms with Gasteiger partial charge in [0, 0.05) is 37.2 Å². The van der Waals surface area contributed by atoms with Gasteiger partial charge in [-0.1, -0.05) is 48.5 Å². The van der Waals surface area contributed by atoms with Crippen LogP contribution in [0, 0.1) is 23.0 Å². The van der Waals surface area contributed by atoms with E-state index in [-0.39, 0.29) is 16.7 Å². The second-order valence-electron chi connectivity index (χ2n) is 7.42. The summed E-state index contributed by atoms with van der Waals surface area (Å²) in [5, 5.41) is 17.3. The number of non-ortho nitro benzene ring substituents is 1. The van der Waals surface area contributed by atoms with Gasteiger partial charge in [0.2, 0.25) is 0 Å². The summed E-state index contributed by atoms with van der Waals surface area (Å²) in [6.07, 6.45) is 1.01. The molecule has 1 saturated heterocycles. The van der Waals surface area contributed by atoms with E-state index in [4.69, 9.17) is 4.74 Å². The highest BCUT2D eigenvalue weighted by atomic mass is 16.6. The number of ether oxygens (including phenoxy) is 1. The zero-order valence-electron chi connectivity index (χ0n) is 15.9. The summed E-state index contributed by atoms with van der Waals surface area (Å²) in [5.74, 6) is 0.379. The van der Waals surface area contributed by atoms with Gasteiger partial charge in [-0.2, -0.15) is 0 Å². The Morgan fingerprint density at radius 3 is 2.79 bits per heavy atom. The average Bonchev–Trinajstić information content (AvgIpc) is 3.24. The molecule has 0 amide bonds. The van der Waals surface area contributed by atoms with Crippen molar-refractivity contribution in [3.63, 3.8) is 0 Å². The van der Waals surface area contributed by atoms with Crippen LogP contribution in [0.1, 0.15) is 29.2 Å². The van der Waals surface area contributed by atoms with Crippen LogP contribution in [0.25, 0.3) is 10.8 Å². The highest BCUT2D eigenvalue weighted by Crippen LogP contribution is 2.33. The van der Waals surface area contributed by atoms with E-state index in [1.165, 1.54) is 16.3 Å². The molecule has 3 aromatic carbocycles. The summed E-state index contributed by atoms with van der Waals surface area (Å²) < 4.78 is 5.67. The first-order valence-electron chi connectivity index (χ1n) is 9.66. The molecule has 5 heteroatoms. The maximum atomic E-state index is 11.1. The van der Waals surface area contributed by atoms with E-state index < -0.39 is 0 Å². The number of hydrogen-bond donors (Lipinski definition) is 1. The highest BCUT2D eigenvalue weighted by molar-refractivity contribution is 5.86. The second-order valence-corrected chi connectivity index (χ2v) is 7.42. The molecule has 1 aliphatic heterocycles. The molecular formula is C23H24N2O3.